The van der Waals surface area contributed by atoms with E-state index in [1.54, 1.807) is 18.2 Å². The number of hydrazone groups is 1. The van der Waals surface area contributed by atoms with Gasteiger partial charge in [0.25, 0.3) is 0 Å². The van der Waals surface area contributed by atoms with Gasteiger partial charge in [0.2, 0.25) is 11.8 Å². The lowest BCUT2D eigenvalue weighted by atomic mass is 9.95. The van der Waals surface area contributed by atoms with Crippen molar-refractivity contribution >= 4 is 18.0 Å². The Kier molecular flexibility index (Phi) is 6.59. The van der Waals surface area contributed by atoms with E-state index < -0.39 is 0 Å². The van der Waals surface area contributed by atoms with Crippen molar-refractivity contribution in [2.24, 2.45) is 5.10 Å². The van der Waals surface area contributed by atoms with E-state index in [4.69, 9.17) is 0 Å². The van der Waals surface area contributed by atoms with E-state index >= 15 is 0 Å². The molecule has 2 amide bonds. The maximum Gasteiger partial charge on any atom is 0.240 e. The molecule has 0 radical (unpaired) electrons. The molecule has 1 aromatic rings. The van der Waals surface area contributed by atoms with Crippen molar-refractivity contribution in [3.63, 3.8) is 0 Å². The average molecular weight is 317 g/mol. The lowest BCUT2D eigenvalue weighted by molar-refractivity contribution is -0.126. The van der Waals surface area contributed by atoms with Gasteiger partial charge in [-0.3, -0.25) is 9.59 Å². The summed E-state index contributed by atoms with van der Waals surface area (Å²) in [6.45, 7) is 0. The number of carbonyl (C=O) groups excluding carboxylic acids is 2. The highest BCUT2D eigenvalue weighted by Gasteiger charge is 2.15. The van der Waals surface area contributed by atoms with Gasteiger partial charge in [0, 0.05) is 18.9 Å². The third-order valence-electron chi connectivity index (χ3n) is 3.82. The molecule has 1 aliphatic rings. The molecule has 0 unspecified atom stereocenters. The highest BCUT2D eigenvalue weighted by atomic mass is 16.3. The minimum Gasteiger partial charge on any atom is -0.508 e. The van der Waals surface area contributed by atoms with E-state index in [0.717, 1.165) is 25.7 Å². The molecule has 0 atom stereocenters. The lowest BCUT2D eigenvalue weighted by Gasteiger charge is -2.22. The number of nitrogens with one attached hydrogen (secondary N) is 2. The summed E-state index contributed by atoms with van der Waals surface area (Å²) in [4.78, 5) is 23.4. The second-order valence-corrected chi connectivity index (χ2v) is 5.79. The lowest BCUT2D eigenvalue weighted by Crippen LogP contribution is -2.36. The largest absolute Gasteiger partial charge is 0.508 e. The Bertz CT molecular complexity index is 566. The van der Waals surface area contributed by atoms with Gasteiger partial charge in [0.15, 0.2) is 0 Å². The Labute approximate surface area is 136 Å². The first kappa shape index (κ1) is 17.0. The Balaban J connectivity index is 1.65. The smallest absolute Gasteiger partial charge is 0.240 e. The van der Waals surface area contributed by atoms with E-state index in [2.05, 4.69) is 15.8 Å². The zero-order chi connectivity index (χ0) is 16.5. The van der Waals surface area contributed by atoms with E-state index in [0.29, 0.717) is 5.56 Å². The van der Waals surface area contributed by atoms with Crippen LogP contribution >= 0.6 is 0 Å². The van der Waals surface area contributed by atoms with Gasteiger partial charge in [0.05, 0.1) is 6.21 Å². The molecule has 0 heterocycles. The zero-order valence-electron chi connectivity index (χ0n) is 13.1. The van der Waals surface area contributed by atoms with Crippen molar-refractivity contribution in [3.05, 3.63) is 29.8 Å². The van der Waals surface area contributed by atoms with Crippen molar-refractivity contribution in [3.8, 4) is 5.75 Å². The average Bonchev–Trinajstić information content (AvgIpc) is 2.54. The molecule has 2 rings (SSSR count). The van der Waals surface area contributed by atoms with E-state index in [-0.39, 0.29) is 36.4 Å². The number of hydrogen-bond donors (Lipinski definition) is 3. The summed E-state index contributed by atoms with van der Waals surface area (Å²) in [5.74, 6) is -0.246. The van der Waals surface area contributed by atoms with Crippen LogP contribution in [0.25, 0.3) is 0 Å². The maximum atomic E-state index is 11.8. The normalized spacial score (nSPS) is 15.5. The number of amides is 2. The molecule has 124 valence electrons. The molecular formula is C17H23N3O3. The van der Waals surface area contributed by atoms with Gasteiger partial charge in [-0.15, -0.1) is 0 Å². The molecule has 0 bridgehead atoms. The quantitative estimate of drug-likeness (QED) is 0.554. The Hall–Kier alpha value is -2.37. The zero-order valence-corrected chi connectivity index (χ0v) is 13.1. The van der Waals surface area contributed by atoms with Crippen LogP contribution in [-0.2, 0) is 9.59 Å². The number of aromatic hydroxyl groups is 1. The van der Waals surface area contributed by atoms with Crippen molar-refractivity contribution in [2.75, 3.05) is 0 Å². The molecule has 1 fully saturated rings. The second kappa shape index (κ2) is 8.92. The molecule has 1 saturated carbocycles. The minimum atomic E-state index is -0.305. The summed E-state index contributed by atoms with van der Waals surface area (Å²) in [5.41, 5.74) is 3.06. The van der Waals surface area contributed by atoms with Crippen LogP contribution in [0.5, 0.6) is 5.75 Å². The van der Waals surface area contributed by atoms with Gasteiger partial charge < -0.3 is 10.4 Å². The summed E-state index contributed by atoms with van der Waals surface area (Å²) in [6, 6.07) is 6.80. The first-order valence-electron chi connectivity index (χ1n) is 8.04. The van der Waals surface area contributed by atoms with Crippen molar-refractivity contribution in [1.29, 1.82) is 0 Å². The molecule has 23 heavy (non-hydrogen) atoms. The molecule has 0 spiro atoms. The molecule has 1 aliphatic carbocycles. The van der Waals surface area contributed by atoms with Crippen molar-refractivity contribution in [2.45, 2.75) is 51.0 Å². The molecule has 6 nitrogen and oxygen atoms in total. The van der Waals surface area contributed by atoms with E-state index in [1.807, 2.05) is 0 Å². The Morgan fingerprint density at radius 3 is 2.65 bits per heavy atom. The van der Waals surface area contributed by atoms with Gasteiger partial charge in [0.1, 0.15) is 5.75 Å². The predicted octanol–water partition coefficient (Wildman–Crippen LogP) is 2.07. The van der Waals surface area contributed by atoms with E-state index in [1.165, 1.54) is 18.7 Å². The molecule has 1 aromatic carbocycles. The van der Waals surface area contributed by atoms with E-state index in [9.17, 15) is 14.7 Å². The summed E-state index contributed by atoms with van der Waals surface area (Å²) in [7, 11) is 0. The highest BCUT2D eigenvalue weighted by molar-refractivity contribution is 5.85. The number of phenols is 1. The van der Waals surface area contributed by atoms with Crippen molar-refractivity contribution < 1.29 is 14.7 Å². The fraction of sp³-hybridized carbons (Fsp3) is 0.471. The fourth-order valence-corrected chi connectivity index (χ4v) is 2.61. The molecule has 0 aromatic heterocycles. The van der Waals surface area contributed by atoms with Crippen LogP contribution in [0.3, 0.4) is 0 Å². The summed E-state index contributed by atoms with van der Waals surface area (Å²) in [6.07, 6.45) is 7.36. The first-order valence-corrected chi connectivity index (χ1v) is 8.04. The van der Waals surface area contributed by atoms with Gasteiger partial charge in [-0.2, -0.15) is 5.10 Å². The molecule has 3 N–H and O–H groups in total. The van der Waals surface area contributed by atoms with Crippen LogP contribution in [0, 0.1) is 0 Å². The van der Waals surface area contributed by atoms with Crippen LogP contribution in [0.1, 0.15) is 50.5 Å². The summed E-state index contributed by atoms with van der Waals surface area (Å²) in [5, 5.41) is 16.1. The fourth-order valence-electron chi connectivity index (χ4n) is 2.61. The third kappa shape index (κ3) is 6.50. The molecular weight excluding hydrogens is 294 g/mol. The minimum absolute atomic E-state index is 0.0796. The second-order valence-electron chi connectivity index (χ2n) is 5.79. The van der Waals surface area contributed by atoms with Gasteiger partial charge in [-0.25, -0.2) is 5.43 Å². The maximum absolute atomic E-state index is 11.8. The number of benzene rings is 1. The van der Waals surface area contributed by atoms with Gasteiger partial charge >= 0.3 is 0 Å². The van der Waals surface area contributed by atoms with Crippen LogP contribution in [-0.4, -0.2) is 29.2 Å². The molecule has 6 heteroatoms. The number of rotatable bonds is 6. The SMILES string of the molecule is O=C(CCC(=O)NC1CCCCC1)NN=Cc1cccc(O)c1. The van der Waals surface area contributed by atoms with Crippen LogP contribution in [0.15, 0.2) is 29.4 Å². The topological polar surface area (TPSA) is 90.8 Å². The first-order chi connectivity index (χ1) is 11.1. The summed E-state index contributed by atoms with van der Waals surface area (Å²) < 4.78 is 0. The Morgan fingerprint density at radius 1 is 1.17 bits per heavy atom. The molecule has 0 aliphatic heterocycles. The van der Waals surface area contributed by atoms with Crippen LogP contribution in [0.4, 0.5) is 0 Å². The number of phenolic OH excluding ortho intramolecular Hbond substituents is 1. The highest BCUT2D eigenvalue weighted by Crippen LogP contribution is 2.17. The standard InChI is InChI=1S/C17H23N3O3/c21-15-8-4-5-13(11-15)12-18-20-17(23)10-9-16(22)19-14-6-2-1-3-7-14/h4-5,8,11-12,14,21H,1-3,6-7,9-10H2,(H,19,22)(H,20,23). The van der Waals surface area contributed by atoms with Crippen LogP contribution in [0.2, 0.25) is 0 Å². The van der Waals surface area contributed by atoms with Crippen LogP contribution < -0.4 is 10.7 Å². The number of hydrogen-bond acceptors (Lipinski definition) is 4. The number of nitrogens with zero attached hydrogens (tertiary/aromatic N) is 1. The Morgan fingerprint density at radius 2 is 1.91 bits per heavy atom. The van der Waals surface area contributed by atoms with Crippen molar-refractivity contribution in [1.82, 2.24) is 10.7 Å². The third-order valence-corrected chi connectivity index (χ3v) is 3.82. The van der Waals surface area contributed by atoms with Gasteiger partial charge in [-0.05, 0) is 30.5 Å². The number of carbonyl (C=O) groups is 2. The predicted molar refractivity (Wildman–Crippen MR) is 88.1 cm³/mol. The monoisotopic (exact) mass is 317 g/mol. The summed E-state index contributed by atoms with van der Waals surface area (Å²) >= 11 is 0. The molecule has 0 saturated heterocycles. The van der Waals surface area contributed by atoms with Gasteiger partial charge in [-0.1, -0.05) is 31.4 Å².